The second-order valence-corrected chi connectivity index (χ2v) is 12.8. The van der Waals surface area contributed by atoms with Crippen LogP contribution in [0.3, 0.4) is 0 Å². The largest absolute Gasteiger partial charge is 0.512 e. The summed E-state index contributed by atoms with van der Waals surface area (Å²) in [6.45, 7) is 8.07. The maximum absolute atomic E-state index is 11.7. The maximum Gasteiger partial charge on any atom is 0.162 e. The molecule has 5 aromatic carbocycles. The Morgan fingerprint density at radius 3 is 2.08 bits per heavy atom. The van der Waals surface area contributed by atoms with E-state index in [-0.39, 0.29) is 43.5 Å². The van der Waals surface area contributed by atoms with E-state index >= 15 is 0 Å². The van der Waals surface area contributed by atoms with Crippen LogP contribution in [0.5, 0.6) is 0 Å². The van der Waals surface area contributed by atoms with Crippen molar-refractivity contribution >= 4 is 65.6 Å². The van der Waals surface area contributed by atoms with Gasteiger partial charge in [-0.3, -0.25) is 9.78 Å². The molecule has 0 aliphatic carbocycles. The third-order valence-electron chi connectivity index (χ3n) is 10.1. The van der Waals surface area contributed by atoms with Gasteiger partial charge in [0.15, 0.2) is 5.78 Å². The van der Waals surface area contributed by atoms with Gasteiger partial charge in [-0.15, -0.1) is 17.7 Å². The molecule has 3 heterocycles. The summed E-state index contributed by atoms with van der Waals surface area (Å²) in [5, 5.41) is 18.4. The van der Waals surface area contributed by atoms with Crippen LogP contribution in [0, 0.1) is 17.9 Å². The molecule has 8 aromatic rings. The molecule has 49 heavy (non-hydrogen) atoms. The van der Waals surface area contributed by atoms with E-state index < -0.39 is 0 Å². The molecule has 0 bridgehead atoms. The number of benzene rings is 5. The molecule has 3 aromatic heterocycles. The Labute approximate surface area is 301 Å². The molecule has 0 fully saturated rings. The van der Waals surface area contributed by atoms with E-state index in [1.54, 1.807) is 0 Å². The quantitative estimate of drug-likeness (QED) is 0.0944. The molecule has 0 aliphatic heterocycles. The average Bonchev–Trinajstić information content (AvgIpc) is 3.63. The molecule has 0 aliphatic rings. The predicted molar refractivity (Wildman–Crippen MR) is 202 cm³/mol. The fourth-order valence-electron chi connectivity index (χ4n) is 7.31. The number of ketones is 1. The SMILES string of the molecule is CCC(CC)C(=O)/C=C(\O)C(CC)CC.[Ir].[c-]1cc2c3ccccc3n3c4cc5ccccc5cc4c(c1-c1ccc4ccccc4n1)c23. The smallest absolute Gasteiger partial charge is 0.162 e. The van der Waals surface area contributed by atoms with Crippen LogP contribution in [-0.4, -0.2) is 20.3 Å². The molecule has 0 unspecified atom stereocenters. The number of carbonyl (C=O) groups is 1. The zero-order valence-electron chi connectivity index (χ0n) is 28.5. The van der Waals surface area contributed by atoms with Gasteiger partial charge in [-0.05, 0) is 82.0 Å². The van der Waals surface area contributed by atoms with Crippen molar-refractivity contribution in [2.75, 3.05) is 0 Å². The normalized spacial score (nSPS) is 12.1. The first-order valence-electron chi connectivity index (χ1n) is 17.3. The van der Waals surface area contributed by atoms with Crippen LogP contribution in [-0.2, 0) is 24.9 Å². The molecule has 0 amide bonds. The summed E-state index contributed by atoms with van der Waals surface area (Å²) in [6, 6.07) is 40.3. The minimum Gasteiger partial charge on any atom is -0.512 e. The van der Waals surface area contributed by atoms with Crippen molar-refractivity contribution in [3.63, 3.8) is 0 Å². The summed E-state index contributed by atoms with van der Waals surface area (Å²) in [4.78, 5) is 16.7. The third-order valence-corrected chi connectivity index (χ3v) is 10.1. The molecule has 1 N–H and O–H groups in total. The van der Waals surface area contributed by atoms with Gasteiger partial charge in [-0.25, -0.2) is 0 Å². The second-order valence-electron chi connectivity index (χ2n) is 12.8. The first-order chi connectivity index (χ1) is 23.5. The van der Waals surface area contributed by atoms with Gasteiger partial charge in [0, 0.05) is 49.1 Å². The van der Waals surface area contributed by atoms with Crippen molar-refractivity contribution in [1.29, 1.82) is 0 Å². The predicted octanol–water partition coefficient (Wildman–Crippen LogP) is 11.9. The van der Waals surface area contributed by atoms with Crippen LogP contribution in [0.2, 0.25) is 0 Å². The minimum atomic E-state index is 0. The summed E-state index contributed by atoms with van der Waals surface area (Å²) < 4.78 is 2.43. The van der Waals surface area contributed by atoms with Crippen LogP contribution >= 0.6 is 0 Å². The molecule has 0 spiro atoms. The monoisotopic (exact) mass is 822 g/mol. The van der Waals surface area contributed by atoms with E-state index in [1.165, 1.54) is 54.9 Å². The number of aliphatic hydroxyl groups is 1. The van der Waals surface area contributed by atoms with Crippen LogP contribution in [0.1, 0.15) is 53.4 Å². The maximum atomic E-state index is 11.7. The number of rotatable bonds is 8. The Morgan fingerprint density at radius 2 is 1.37 bits per heavy atom. The number of aliphatic hydroxyl groups excluding tert-OH is 1. The molecule has 0 saturated carbocycles. The number of aromatic nitrogens is 2. The zero-order chi connectivity index (χ0) is 33.4. The topological polar surface area (TPSA) is 54.6 Å². The summed E-state index contributed by atoms with van der Waals surface area (Å²) >= 11 is 0. The number of fused-ring (bicyclic) bond motifs is 8. The molecule has 0 saturated heterocycles. The first-order valence-corrected chi connectivity index (χ1v) is 17.3. The van der Waals surface area contributed by atoms with Gasteiger partial charge >= 0.3 is 0 Å². The summed E-state index contributed by atoms with van der Waals surface area (Å²) in [5.41, 5.74) is 6.75. The average molecular weight is 822 g/mol. The minimum absolute atomic E-state index is 0. The van der Waals surface area contributed by atoms with Gasteiger partial charge in [-0.2, -0.15) is 0 Å². The Morgan fingerprint density at radius 1 is 0.735 bits per heavy atom. The molecule has 5 heteroatoms. The standard InChI is InChI=1S/C31H17N2.C13H24O2.Ir/c1-2-9-21-18-29-25(17-20(21)8-1)30-24(27-16-13-19-7-3-5-11-26(19)32-27)15-14-23-22-10-4-6-12-28(22)33(29)31(23)30;1-5-10(6-2)12(14)9-13(15)11(7-3)8-4;/h1-14,16-18H;9-11,14H,5-8H2,1-4H3;/q-1;;/b;12-9-;. The van der Waals surface area contributed by atoms with Crippen molar-refractivity contribution < 1.29 is 30.0 Å². The number of allylic oxidation sites excluding steroid dienone is 2. The van der Waals surface area contributed by atoms with Crippen LogP contribution in [0.25, 0.3) is 71.0 Å². The van der Waals surface area contributed by atoms with E-state index in [0.29, 0.717) is 0 Å². The van der Waals surface area contributed by atoms with Crippen LogP contribution < -0.4 is 0 Å². The number of para-hydroxylation sites is 2. The van der Waals surface area contributed by atoms with Gasteiger partial charge in [-0.1, -0.05) is 117 Å². The molecule has 1 radical (unpaired) electrons. The molecular weight excluding hydrogens is 781 g/mol. The van der Waals surface area contributed by atoms with Crippen molar-refractivity contribution in [2.45, 2.75) is 53.4 Å². The molecule has 249 valence electrons. The van der Waals surface area contributed by atoms with E-state index in [1.807, 2.05) is 33.8 Å². The van der Waals surface area contributed by atoms with Gasteiger partial charge in [0.1, 0.15) is 0 Å². The Kier molecular flexibility index (Phi) is 10.1. The van der Waals surface area contributed by atoms with E-state index in [9.17, 15) is 9.90 Å². The van der Waals surface area contributed by atoms with Crippen LogP contribution in [0.4, 0.5) is 0 Å². The van der Waals surface area contributed by atoms with Crippen molar-refractivity contribution in [2.24, 2.45) is 11.8 Å². The van der Waals surface area contributed by atoms with Crippen LogP contribution in [0.15, 0.2) is 115 Å². The molecule has 0 atom stereocenters. The van der Waals surface area contributed by atoms with Gasteiger partial charge in [0.25, 0.3) is 0 Å². The molecular formula is C44H41IrN2O2-. The summed E-state index contributed by atoms with van der Waals surface area (Å²) in [7, 11) is 0. The van der Waals surface area contributed by atoms with E-state index in [2.05, 4.69) is 108 Å². The Bertz CT molecular complexity index is 2450. The van der Waals surface area contributed by atoms with Crippen molar-refractivity contribution in [3.05, 3.63) is 121 Å². The molecule has 4 nitrogen and oxygen atoms in total. The number of hydrogen-bond acceptors (Lipinski definition) is 3. The van der Waals surface area contributed by atoms with Crippen molar-refractivity contribution in [3.8, 4) is 11.3 Å². The summed E-state index contributed by atoms with van der Waals surface area (Å²) in [5.74, 6) is 0.547. The van der Waals surface area contributed by atoms with E-state index in [0.717, 1.165) is 47.8 Å². The fourth-order valence-corrected chi connectivity index (χ4v) is 7.31. The van der Waals surface area contributed by atoms with Gasteiger partial charge in [0.05, 0.1) is 11.3 Å². The number of hydrogen-bond donors (Lipinski definition) is 1. The fraction of sp³-hybridized carbons (Fsp3) is 0.227. The summed E-state index contributed by atoms with van der Waals surface area (Å²) in [6.07, 6.45) is 4.91. The van der Waals surface area contributed by atoms with Gasteiger partial charge in [0.2, 0.25) is 0 Å². The van der Waals surface area contributed by atoms with E-state index in [4.69, 9.17) is 4.98 Å². The van der Waals surface area contributed by atoms with Crippen molar-refractivity contribution in [1.82, 2.24) is 9.38 Å². The third kappa shape index (κ3) is 6.11. The zero-order valence-corrected chi connectivity index (χ0v) is 30.9. The Balaban J connectivity index is 0.000000225. The number of nitrogens with zero attached hydrogens (tertiary/aromatic N) is 2. The van der Waals surface area contributed by atoms with Gasteiger partial charge < -0.3 is 9.51 Å². The number of pyridine rings is 1. The first kappa shape index (κ1) is 34.3. The Hall–Kier alpha value is -4.57. The number of carbonyl (C=O) groups excluding carboxylic acids is 1. The second kappa shape index (κ2) is 14.5. The molecule has 8 rings (SSSR count).